The van der Waals surface area contributed by atoms with Crippen molar-refractivity contribution < 1.29 is 4.79 Å². The zero-order valence-electron chi connectivity index (χ0n) is 13.3. The minimum absolute atomic E-state index is 0.0131. The van der Waals surface area contributed by atoms with Crippen molar-refractivity contribution >= 4 is 16.8 Å². The Balaban J connectivity index is 2.43. The van der Waals surface area contributed by atoms with Crippen molar-refractivity contribution in [2.24, 2.45) is 5.41 Å². The number of hydrogen-bond acceptors (Lipinski definition) is 2. The maximum Gasteiger partial charge on any atom is 0.163 e. The third-order valence-electron chi connectivity index (χ3n) is 3.40. The molecule has 1 aromatic carbocycles. The SMILES string of the molecule is Cc1nc2cc(C(=O)CC(C)(C)C)ccc2n1C(C)C. The second-order valence-corrected chi connectivity index (χ2v) is 6.99. The standard InChI is InChI=1S/C17H24N2O/c1-11(2)19-12(3)18-14-9-13(7-8-15(14)19)16(20)10-17(4,5)6/h7-9,11H,10H2,1-6H3. The van der Waals surface area contributed by atoms with E-state index < -0.39 is 0 Å². The van der Waals surface area contributed by atoms with Gasteiger partial charge in [0.1, 0.15) is 5.82 Å². The summed E-state index contributed by atoms with van der Waals surface area (Å²) in [6.45, 7) is 12.6. The average molecular weight is 272 g/mol. The Morgan fingerprint density at radius 2 is 1.95 bits per heavy atom. The molecular weight excluding hydrogens is 248 g/mol. The Labute approximate surface area is 121 Å². The summed E-state index contributed by atoms with van der Waals surface area (Å²) in [5, 5.41) is 0. The van der Waals surface area contributed by atoms with Crippen LogP contribution in [0.5, 0.6) is 0 Å². The molecule has 3 nitrogen and oxygen atoms in total. The average Bonchev–Trinajstić information content (AvgIpc) is 2.61. The Morgan fingerprint density at radius 1 is 1.30 bits per heavy atom. The minimum Gasteiger partial charge on any atom is -0.326 e. The zero-order chi connectivity index (χ0) is 15.1. The van der Waals surface area contributed by atoms with Crippen molar-refractivity contribution in [1.29, 1.82) is 0 Å². The van der Waals surface area contributed by atoms with Crippen LogP contribution in [-0.2, 0) is 0 Å². The normalized spacial score (nSPS) is 12.3. The molecule has 0 fully saturated rings. The summed E-state index contributed by atoms with van der Waals surface area (Å²) in [6, 6.07) is 6.24. The van der Waals surface area contributed by atoms with Gasteiger partial charge in [0, 0.05) is 18.0 Å². The van der Waals surface area contributed by atoms with E-state index in [1.54, 1.807) is 0 Å². The molecule has 20 heavy (non-hydrogen) atoms. The van der Waals surface area contributed by atoms with Gasteiger partial charge < -0.3 is 4.57 Å². The maximum absolute atomic E-state index is 12.3. The topological polar surface area (TPSA) is 34.9 Å². The molecule has 0 spiro atoms. The lowest BCUT2D eigenvalue weighted by Crippen LogP contribution is -2.13. The van der Waals surface area contributed by atoms with Gasteiger partial charge in [-0.3, -0.25) is 4.79 Å². The molecule has 0 radical (unpaired) electrons. The number of aryl methyl sites for hydroxylation is 1. The highest BCUT2D eigenvalue weighted by atomic mass is 16.1. The molecule has 3 heteroatoms. The number of imidazole rings is 1. The number of carbonyl (C=O) groups is 1. The van der Waals surface area contributed by atoms with Crippen LogP contribution in [0.1, 0.15) is 63.3 Å². The van der Waals surface area contributed by atoms with E-state index in [0.717, 1.165) is 22.4 Å². The maximum atomic E-state index is 12.3. The molecule has 0 bridgehead atoms. The predicted octanol–water partition coefficient (Wildman–Crippen LogP) is 4.54. The molecule has 0 saturated carbocycles. The van der Waals surface area contributed by atoms with E-state index in [4.69, 9.17) is 0 Å². The molecule has 0 saturated heterocycles. The third kappa shape index (κ3) is 2.92. The lowest BCUT2D eigenvalue weighted by Gasteiger charge is -2.16. The highest BCUT2D eigenvalue weighted by molar-refractivity contribution is 5.99. The Bertz CT molecular complexity index is 645. The van der Waals surface area contributed by atoms with E-state index in [2.05, 4.69) is 44.2 Å². The summed E-state index contributed by atoms with van der Waals surface area (Å²) < 4.78 is 2.20. The number of nitrogens with zero attached hydrogens (tertiary/aromatic N) is 2. The molecule has 1 heterocycles. The van der Waals surface area contributed by atoms with Crippen molar-refractivity contribution in [3.05, 3.63) is 29.6 Å². The van der Waals surface area contributed by atoms with Crippen LogP contribution >= 0.6 is 0 Å². The summed E-state index contributed by atoms with van der Waals surface area (Å²) in [5.41, 5.74) is 2.79. The largest absolute Gasteiger partial charge is 0.326 e. The van der Waals surface area contributed by atoms with Crippen LogP contribution in [0, 0.1) is 12.3 Å². The molecule has 2 rings (SSSR count). The summed E-state index contributed by atoms with van der Waals surface area (Å²) >= 11 is 0. The molecule has 1 aromatic heterocycles. The van der Waals surface area contributed by atoms with Crippen molar-refractivity contribution in [1.82, 2.24) is 9.55 Å². The fourth-order valence-electron chi connectivity index (χ4n) is 2.63. The van der Waals surface area contributed by atoms with Crippen molar-refractivity contribution in [2.75, 3.05) is 0 Å². The van der Waals surface area contributed by atoms with Gasteiger partial charge in [0.25, 0.3) is 0 Å². The number of benzene rings is 1. The van der Waals surface area contributed by atoms with Crippen LogP contribution < -0.4 is 0 Å². The number of carbonyl (C=O) groups excluding carboxylic acids is 1. The van der Waals surface area contributed by atoms with E-state index in [9.17, 15) is 4.79 Å². The highest BCUT2D eigenvalue weighted by Crippen LogP contribution is 2.25. The number of aromatic nitrogens is 2. The van der Waals surface area contributed by atoms with Gasteiger partial charge in [0.05, 0.1) is 11.0 Å². The number of Topliss-reactive ketones (excluding diaryl/α,β-unsaturated/α-hetero) is 1. The lowest BCUT2D eigenvalue weighted by atomic mass is 9.88. The molecule has 0 amide bonds. The molecule has 0 aliphatic rings. The molecule has 108 valence electrons. The number of ketones is 1. The van der Waals surface area contributed by atoms with Gasteiger partial charge in [0.15, 0.2) is 5.78 Å². The van der Waals surface area contributed by atoms with Gasteiger partial charge in [-0.1, -0.05) is 20.8 Å². The number of fused-ring (bicyclic) bond motifs is 1. The van der Waals surface area contributed by atoms with E-state index in [1.807, 2.05) is 25.1 Å². The predicted molar refractivity (Wildman–Crippen MR) is 83.3 cm³/mol. The van der Waals surface area contributed by atoms with Crippen molar-refractivity contribution in [3.8, 4) is 0 Å². The van der Waals surface area contributed by atoms with Crippen LogP contribution in [0.4, 0.5) is 0 Å². The van der Waals surface area contributed by atoms with Gasteiger partial charge >= 0.3 is 0 Å². The molecular formula is C17H24N2O. The summed E-state index contributed by atoms with van der Waals surface area (Å²) in [6.07, 6.45) is 0.558. The fraction of sp³-hybridized carbons (Fsp3) is 0.529. The van der Waals surface area contributed by atoms with Gasteiger partial charge in [-0.2, -0.15) is 0 Å². The van der Waals surface area contributed by atoms with E-state index in [0.29, 0.717) is 12.5 Å². The molecule has 0 atom stereocenters. The first-order valence-corrected chi connectivity index (χ1v) is 7.21. The van der Waals surface area contributed by atoms with E-state index >= 15 is 0 Å². The third-order valence-corrected chi connectivity index (χ3v) is 3.40. The second-order valence-electron chi connectivity index (χ2n) is 6.99. The van der Waals surface area contributed by atoms with Gasteiger partial charge in [-0.25, -0.2) is 4.98 Å². The van der Waals surface area contributed by atoms with E-state index in [1.165, 1.54) is 0 Å². The Hall–Kier alpha value is -1.64. The van der Waals surface area contributed by atoms with Crippen LogP contribution in [0.15, 0.2) is 18.2 Å². The number of hydrogen-bond donors (Lipinski definition) is 0. The highest BCUT2D eigenvalue weighted by Gasteiger charge is 2.18. The lowest BCUT2D eigenvalue weighted by molar-refractivity contribution is 0.0940. The van der Waals surface area contributed by atoms with Gasteiger partial charge in [-0.15, -0.1) is 0 Å². The first-order chi connectivity index (χ1) is 9.19. The smallest absolute Gasteiger partial charge is 0.163 e. The first kappa shape index (κ1) is 14.8. The minimum atomic E-state index is 0.0131. The van der Waals surface area contributed by atoms with Crippen molar-refractivity contribution in [3.63, 3.8) is 0 Å². The molecule has 0 unspecified atom stereocenters. The monoisotopic (exact) mass is 272 g/mol. The fourth-order valence-corrected chi connectivity index (χ4v) is 2.63. The van der Waals surface area contributed by atoms with Crippen LogP contribution in [0.3, 0.4) is 0 Å². The Morgan fingerprint density at radius 3 is 2.50 bits per heavy atom. The summed E-state index contributed by atoms with van der Waals surface area (Å²) in [7, 11) is 0. The van der Waals surface area contributed by atoms with Crippen LogP contribution in [0.2, 0.25) is 0 Å². The van der Waals surface area contributed by atoms with Crippen LogP contribution in [-0.4, -0.2) is 15.3 Å². The van der Waals surface area contributed by atoms with Gasteiger partial charge in [-0.05, 0) is 44.4 Å². The molecule has 2 aromatic rings. The summed E-state index contributed by atoms with van der Waals surface area (Å²) in [4.78, 5) is 16.9. The first-order valence-electron chi connectivity index (χ1n) is 7.21. The number of rotatable bonds is 3. The second kappa shape index (κ2) is 5.04. The molecule has 0 N–H and O–H groups in total. The molecule has 0 aliphatic carbocycles. The van der Waals surface area contributed by atoms with Gasteiger partial charge in [0.2, 0.25) is 0 Å². The Kier molecular flexibility index (Phi) is 3.72. The van der Waals surface area contributed by atoms with Crippen molar-refractivity contribution in [2.45, 2.75) is 54.0 Å². The van der Waals surface area contributed by atoms with Crippen LogP contribution in [0.25, 0.3) is 11.0 Å². The van der Waals surface area contributed by atoms with E-state index in [-0.39, 0.29) is 11.2 Å². The molecule has 0 aliphatic heterocycles. The zero-order valence-corrected chi connectivity index (χ0v) is 13.3. The summed E-state index contributed by atoms with van der Waals surface area (Å²) in [5.74, 6) is 1.19. The quantitative estimate of drug-likeness (QED) is 0.769.